The van der Waals surface area contributed by atoms with Crippen molar-refractivity contribution < 1.29 is 9.59 Å². The van der Waals surface area contributed by atoms with Crippen molar-refractivity contribution in [3.05, 3.63) is 0 Å². The maximum absolute atomic E-state index is 12.3. The van der Waals surface area contributed by atoms with Gasteiger partial charge in [0.2, 0.25) is 11.8 Å². The van der Waals surface area contributed by atoms with Gasteiger partial charge in [0.05, 0.1) is 0 Å². The minimum Gasteiger partial charge on any atom is -0.343 e. The lowest BCUT2D eigenvalue weighted by Crippen LogP contribution is -2.64. The second kappa shape index (κ2) is 6.03. The third-order valence-corrected chi connectivity index (χ3v) is 3.58. The highest BCUT2D eigenvalue weighted by molar-refractivity contribution is 5.96. The predicted molar refractivity (Wildman–Crippen MR) is 67.5 cm³/mol. The van der Waals surface area contributed by atoms with Gasteiger partial charge in [-0.2, -0.15) is 0 Å². The molecule has 1 rings (SSSR count). The highest BCUT2D eigenvalue weighted by atomic mass is 16.2. The Morgan fingerprint density at radius 3 is 2.29 bits per heavy atom. The first-order valence-electron chi connectivity index (χ1n) is 6.69. The predicted octanol–water partition coefficient (Wildman–Crippen LogP) is 1.69. The van der Waals surface area contributed by atoms with Crippen LogP contribution < -0.4 is 5.32 Å². The van der Waals surface area contributed by atoms with E-state index in [1.165, 1.54) is 0 Å². The molecule has 1 saturated heterocycles. The minimum absolute atomic E-state index is 0.0186. The highest BCUT2D eigenvalue weighted by Crippen LogP contribution is 2.19. The van der Waals surface area contributed by atoms with E-state index in [-0.39, 0.29) is 29.9 Å². The van der Waals surface area contributed by atoms with Crippen LogP contribution in [-0.4, -0.2) is 34.8 Å². The standard InChI is InChI=1S/C13H24N2O2/c1-5-8-11-13(17)15(10(6-2)7-3)9(4)12(16)14-11/h9-11H,5-8H2,1-4H3,(H,14,16). The van der Waals surface area contributed by atoms with Gasteiger partial charge in [0.1, 0.15) is 12.1 Å². The van der Waals surface area contributed by atoms with Crippen LogP contribution in [0.15, 0.2) is 0 Å². The minimum atomic E-state index is -0.333. The number of carbonyl (C=O) groups is 2. The summed E-state index contributed by atoms with van der Waals surface area (Å²) in [7, 11) is 0. The Bertz CT molecular complexity index is 287. The van der Waals surface area contributed by atoms with Crippen molar-refractivity contribution in [1.82, 2.24) is 10.2 Å². The van der Waals surface area contributed by atoms with Crippen LogP contribution in [0.1, 0.15) is 53.4 Å². The summed E-state index contributed by atoms with van der Waals surface area (Å²) in [6.07, 6.45) is 3.44. The lowest BCUT2D eigenvalue weighted by Gasteiger charge is -2.41. The zero-order chi connectivity index (χ0) is 13.0. The number of hydrogen-bond donors (Lipinski definition) is 1. The quantitative estimate of drug-likeness (QED) is 0.795. The molecule has 1 heterocycles. The van der Waals surface area contributed by atoms with Crippen molar-refractivity contribution in [2.75, 3.05) is 0 Å². The molecule has 0 aliphatic carbocycles. The van der Waals surface area contributed by atoms with Gasteiger partial charge in [0, 0.05) is 6.04 Å². The summed E-state index contributed by atoms with van der Waals surface area (Å²) < 4.78 is 0. The molecule has 17 heavy (non-hydrogen) atoms. The van der Waals surface area contributed by atoms with Gasteiger partial charge < -0.3 is 10.2 Å². The van der Waals surface area contributed by atoms with Gasteiger partial charge in [-0.25, -0.2) is 0 Å². The summed E-state index contributed by atoms with van der Waals surface area (Å²) in [5.74, 6) is 0.0719. The lowest BCUT2D eigenvalue weighted by atomic mass is 9.99. The molecule has 2 unspecified atom stereocenters. The molecule has 0 radical (unpaired) electrons. The summed E-state index contributed by atoms with van der Waals surface area (Å²) in [6, 6.07) is -0.465. The van der Waals surface area contributed by atoms with Crippen LogP contribution in [0.4, 0.5) is 0 Å². The molecule has 0 aromatic rings. The molecule has 1 N–H and O–H groups in total. The molecule has 0 spiro atoms. The Morgan fingerprint density at radius 2 is 1.82 bits per heavy atom. The van der Waals surface area contributed by atoms with Crippen molar-refractivity contribution in [1.29, 1.82) is 0 Å². The molecule has 2 amide bonds. The van der Waals surface area contributed by atoms with Crippen LogP contribution >= 0.6 is 0 Å². The van der Waals surface area contributed by atoms with Crippen LogP contribution in [0.2, 0.25) is 0 Å². The van der Waals surface area contributed by atoms with Crippen molar-refractivity contribution >= 4 is 11.8 Å². The van der Waals surface area contributed by atoms with E-state index < -0.39 is 0 Å². The van der Waals surface area contributed by atoms with Gasteiger partial charge >= 0.3 is 0 Å². The maximum Gasteiger partial charge on any atom is 0.246 e. The van der Waals surface area contributed by atoms with Gasteiger partial charge in [0.25, 0.3) is 0 Å². The zero-order valence-corrected chi connectivity index (χ0v) is 11.3. The van der Waals surface area contributed by atoms with Crippen molar-refractivity contribution in [2.45, 2.75) is 71.5 Å². The summed E-state index contributed by atoms with van der Waals surface area (Å²) in [5, 5.41) is 2.82. The fourth-order valence-corrected chi connectivity index (χ4v) is 2.51. The molecule has 1 aliphatic heterocycles. The first-order valence-corrected chi connectivity index (χ1v) is 6.69. The number of nitrogens with zero attached hydrogens (tertiary/aromatic N) is 1. The van der Waals surface area contributed by atoms with Crippen molar-refractivity contribution in [3.8, 4) is 0 Å². The Kier molecular flexibility index (Phi) is 4.97. The van der Waals surface area contributed by atoms with Crippen molar-refractivity contribution in [3.63, 3.8) is 0 Å². The SMILES string of the molecule is CCCC1NC(=O)C(C)N(C(CC)CC)C1=O. The molecule has 0 aromatic carbocycles. The number of nitrogens with one attached hydrogen (secondary N) is 1. The van der Waals surface area contributed by atoms with E-state index in [9.17, 15) is 9.59 Å². The lowest BCUT2D eigenvalue weighted by molar-refractivity contribution is -0.151. The Hall–Kier alpha value is -1.06. The Morgan fingerprint density at radius 1 is 1.24 bits per heavy atom. The highest BCUT2D eigenvalue weighted by Gasteiger charge is 2.39. The van der Waals surface area contributed by atoms with Crippen LogP contribution in [0, 0.1) is 0 Å². The second-order valence-electron chi connectivity index (χ2n) is 4.74. The smallest absolute Gasteiger partial charge is 0.246 e. The van der Waals surface area contributed by atoms with Crippen LogP contribution in [0.25, 0.3) is 0 Å². The molecule has 0 aromatic heterocycles. The molecular weight excluding hydrogens is 216 g/mol. The molecule has 98 valence electrons. The fraction of sp³-hybridized carbons (Fsp3) is 0.846. The zero-order valence-electron chi connectivity index (χ0n) is 11.3. The normalized spacial score (nSPS) is 25.4. The molecule has 4 heteroatoms. The number of piperazine rings is 1. The van der Waals surface area contributed by atoms with Gasteiger partial charge in [-0.1, -0.05) is 27.2 Å². The van der Waals surface area contributed by atoms with E-state index in [0.717, 1.165) is 25.7 Å². The molecular formula is C13H24N2O2. The van der Waals surface area contributed by atoms with E-state index in [0.29, 0.717) is 0 Å². The van der Waals surface area contributed by atoms with Gasteiger partial charge in [0.15, 0.2) is 0 Å². The molecule has 1 fully saturated rings. The summed E-state index contributed by atoms with van der Waals surface area (Å²) >= 11 is 0. The third kappa shape index (κ3) is 2.79. The third-order valence-electron chi connectivity index (χ3n) is 3.58. The van der Waals surface area contributed by atoms with Crippen molar-refractivity contribution in [2.24, 2.45) is 0 Å². The van der Waals surface area contributed by atoms with Gasteiger partial charge in [-0.15, -0.1) is 0 Å². The topological polar surface area (TPSA) is 49.4 Å². The number of rotatable bonds is 5. The average molecular weight is 240 g/mol. The number of amides is 2. The van der Waals surface area contributed by atoms with E-state index in [4.69, 9.17) is 0 Å². The molecule has 0 saturated carbocycles. The molecule has 0 bridgehead atoms. The first-order chi connectivity index (χ1) is 8.06. The molecule has 2 atom stereocenters. The second-order valence-corrected chi connectivity index (χ2v) is 4.74. The monoisotopic (exact) mass is 240 g/mol. The summed E-state index contributed by atoms with van der Waals surface area (Å²) in [6.45, 7) is 7.97. The summed E-state index contributed by atoms with van der Waals surface area (Å²) in [5.41, 5.74) is 0. The first kappa shape index (κ1) is 14.0. The Labute approximate surface area is 104 Å². The largest absolute Gasteiger partial charge is 0.343 e. The molecule has 4 nitrogen and oxygen atoms in total. The Balaban J connectivity index is 2.90. The van der Waals surface area contributed by atoms with Crippen LogP contribution in [-0.2, 0) is 9.59 Å². The van der Waals surface area contributed by atoms with E-state index in [2.05, 4.69) is 19.2 Å². The van der Waals surface area contributed by atoms with Gasteiger partial charge in [-0.3, -0.25) is 9.59 Å². The van der Waals surface area contributed by atoms with Crippen LogP contribution in [0.3, 0.4) is 0 Å². The summed E-state index contributed by atoms with van der Waals surface area (Å²) in [4.78, 5) is 26.0. The van der Waals surface area contributed by atoms with Crippen LogP contribution in [0.5, 0.6) is 0 Å². The number of hydrogen-bond acceptors (Lipinski definition) is 2. The van der Waals surface area contributed by atoms with E-state index >= 15 is 0 Å². The fourth-order valence-electron chi connectivity index (χ4n) is 2.51. The maximum atomic E-state index is 12.3. The van der Waals surface area contributed by atoms with E-state index in [1.807, 2.05) is 13.8 Å². The number of carbonyl (C=O) groups excluding carboxylic acids is 2. The van der Waals surface area contributed by atoms with Gasteiger partial charge in [-0.05, 0) is 26.2 Å². The average Bonchev–Trinajstić information content (AvgIpc) is 2.32. The van der Waals surface area contributed by atoms with E-state index in [1.54, 1.807) is 4.90 Å². The molecule has 1 aliphatic rings.